The summed E-state index contributed by atoms with van der Waals surface area (Å²) in [5, 5.41) is 19.3. The zero-order valence-corrected chi connectivity index (χ0v) is 14.5. The van der Waals surface area contributed by atoms with E-state index in [9.17, 15) is 24.6 Å². The van der Waals surface area contributed by atoms with Crippen molar-refractivity contribution in [2.24, 2.45) is 19.1 Å². The molecule has 0 aliphatic carbocycles. The molecule has 1 aromatic carbocycles. The molecule has 1 heterocycles. The topological polar surface area (TPSA) is 123 Å². The minimum atomic E-state index is -0.967. The number of aliphatic imine (C=N–C) groups is 1. The van der Waals surface area contributed by atoms with Crippen LogP contribution in [-0.2, 0) is 30.0 Å². The maximum absolute atomic E-state index is 12.2. The molecule has 0 aliphatic rings. The maximum atomic E-state index is 12.2. The molecule has 1 atom stereocenters. The van der Waals surface area contributed by atoms with E-state index >= 15 is 0 Å². The second-order valence-electron chi connectivity index (χ2n) is 5.63. The Morgan fingerprint density at radius 2 is 1.81 bits per heavy atom. The second kappa shape index (κ2) is 7.68. The normalized spacial score (nSPS) is 12.3. The number of ether oxygens (including phenoxy) is 1. The van der Waals surface area contributed by atoms with E-state index in [0.29, 0.717) is 5.56 Å². The highest BCUT2D eigenvalue weighted by atomic mass is 16.5. The Labute approximate surface area is 148 Å². The Balaban J connectivity index is 2.40. The lowest BCUT2D eigenvalue weighted by Gasteiger charge is -2.11. The molecule has 0 saturated heterocycles. The van der Waals surface area contributed by atoms with Crippen LogP contribution in [0.15, 0.2) is 38.8 Å². The number of phenolic OH excluding ortho intramolecular Hbond substituents is 1. The lowest BCUT2D eigenvalue weighted by molar-refractivity contribution is -0.142. The third kappa shape index (κ3) is 3.82. The van der Waals surface area contributed by atoms with Crippen LogP contribution in [-0.4, -0.2) is 44.7 Å². The van der Waals surface area contributed by atoms with Crippen molar-refractivity contribution in [1.82, 2.24) is 9.13 Å². The summed E-state index contributed by atoms with van der Waals surface area (Å²) >= 11 is 0. The van der Waals surface area contributed by atoms with E-state index in [0.717, 1.165) is 15.3 Å². The molecule has 2 N–H and O–H groups in total. The molecule has 0 radical (unpaired) electrons. The molecule has 0 spiro atoms. The predicted octanol–water partition coefficient (Wildman–Crippen LogP) is -0.302. The average Bonchev–Trinajstić information content (AvgIpc) is 2.64. The molecule has 0 fully saturated rings. The molecule has 26 heavy (non-hydrogen) atoms. The second-order valence-corrected chi connectivity index (χ2v) is 5.63. The van der Waals surface area contributed by atoms with Gasteiger partial charge in [-0.3, -0.25) is 18.9 Å². The summed E-state index contributed by atoms with van der Waals surface area (Å²) in [5.41, 5.74) is -0.914. The van der Waals surface area contributed by atoms with Crippen LogP contribution in [0.1, 0.15) is 11.1 Å². The zero-order chi connectivity index (χ0) is 19.4. The third-order valence-electron chi connectivity index (χ3n) is 3.89. The van der Waals surface area contributed by atoms with Crippen LogP contribution in [0, 0.1) is 0 Å². The minimum Gasteiger partial charge on any atom is -0.508 e. The number of rotatable bonds is 5. The zero-order valence-electron chi connectivity index (χ0n) is 14.5. The molecule has 0 bridgehead atoms. The largest absolute Gasteiger partial charge is 0.508 e. The van der Waals surface area contributed by atoms with E-state index in [-0.39, 0.29) is 17.7 Å². The van der Waals surface area contributed by atoms with Gasteiger partial charge in [-0.1, -0.05) is 12.1 Å². The van der Waals surface area contributed by atoms with Gasteiger partial charge in [0.05, 0.1) is 7.11 Å². The van der Waals surface area contributed by atoms with Crippen molar-refractivity contribution in [3.05, 3.63) is 56.2 Å². The smallest absolute Gasteiger partial charge is 0.333 e. The number of methoxy groups -OCH3 is 1. The Morgan fingerprint density at radius 1 is 1.19 bits per heavy atom. The van der Waals surface area contributed by atoms with E-state index in [1.165, 1.54) is 33.3 Å². The number of aromatic nitrogens is 2. The van der Waals surface area contributed by atoms with Gasteiger partial charge >= 0.3 is 11.7 Å². The number of hydrogen-bond donors (Lipinski definition) is 2. The standard InChI is InChI=1S/C17H19N3O6/c1-19-14(22)12(15(23)20(2)17(19)25)9-18-13(16(24)26-3)8-10-4-6-11(21)7-5-10/h4-7,9,13,21-22H,8H2,1-3H3/t13-/m0/s1. The van der Waals surface area contributed by atoms with Gasteiger partial charge in [0, 0.05) is 26.7 Å². The van der Waals surface area contributed by atoms with E-state index in [1.807, 2.05) is 0 Å². The first-order valence-electron chi connectivity index (χ1n) is 7.64. The molecule has 2 rings (SSSR count). The predicted molar refractivity (Wildman–Crippen MR) is 93.8 cm³/mol. The van der Waals surface area contributed by atoms with Crippen LogP contribution in [0.4, 0.5) is 0 Å². The van der Waals surface area contributed by atoms with Crippen LogP contribution in [0.3, 0.4) is 0 Å². The van der Waals surface area contributed by atoms with Gasteiger partial charge < -0.3 is 14.9 Å². The molecule has 0 aliphatic heterocycles. The van der Waals surface area contributed by atoms with Crippen molar-refractivity contribution in [2.45, 2.75) is 12.5 Å². The minimum absolute atomic E-state index is 0.0884. The quantitative estimate of drug-likeness (QED) is 0.557. The van der Waals surface area contributed by atoms with Gasteiger partial charge in [-0.05, 0) is 17.7 Å². The lowest BCUT2D eigenvalue weighted by atomic mass is 10.1. The van der Waals surface area contributed by atoms with Crippen molar-refractivity contribution in [2.75, 3.05) is 7.11 Å². The Morgan fingerprint density at radius 3 is 2.38 bits per heavy atom. The fourth-order valence-electron chi connectivity index (χ4n) is 2.33. The summed E-state index contributed by atoms with van der Waals surface area (Å²) in [5.74, 6) is -1.09. The van der Waals surface area contributed by atoms with Crippen LogP contribution in [0.5, 0.6) is 11.6 Å². The molecule has 138 valence electrons. The Bertz CT molecular complexity index is 956. The highest BCUT2D eigenvalue weighted by molar-refractivity contribution is 5.85. The van der Waals surface area contributed by atoms with Crippen molar-refractivity contribution in [3.63, 3.8) is 0 Å². The molecule has 2 aromatic rings. The number of hydrogen-bond acceptors (Lipinski definition) is 7. The van der Waals surface area contributed by atoms with Gasteiger partial charge in [0.1, 0.15) is 11.3 Å². The van der Waals surface area contributed by atoms with Gasteiger partial charge in [-0.2, -0.15) is 0 Å². The number of carbonyl (C=O) groups is 1. The molecule has 9 heteroatoms. The first kappa shape index (κ1) is 19.0. The van der Waals surface area contributed by atoms with Gasteiger partial charge in [0.25, 0.3) is 5.56 Å². The molecule has 1 aromatic heterocycles. The summed E-state index contributed by atoms with van der Waals surface area (Å²) < 4.78 is 6.45. The summed E-state index contributed by atoms with van der Waals surface area (Å²) in [7, 11) is 3.79. The highest BCUT2D eigenvalue weighted by Gasteiger charge is 2.20. The number of esters is 1. The molecular weight excluding hydrogens is 342 g/mol. The summed E-state index contributed by atoms with van der Waals surface area (Å²) in [4.78, 5) is 40.0. The van der Waals surface area contributed by atoms with E-state index in [1.54, 1.807) is 12.1 Å². The first-order valence-corrected chi connectivity index (χ1v) is 7.64. The number of aromatic hydroxyl groups is 2. The first-order chi connectivity index (χ1) is 12.3. The third-order valence-corrected chi connectivity index (χ3v) is 3.89. The highest BCUT2D eigenvalue weighted by Crippen LogP contribution is 2.14. The van der Waals surface area contributed by atoms with Crippen molar-refractivity contribution < 1.29 is 19.7 Å². The molecule has 0 amide bonds. The number of phenols is 1. The van der Waals surface area contributed by atoms with Crippen molar-refractivity contribution >= 4 is 12.2 Å². The number of benzene rings is 1. The fraction of sp³-hybridized carbons (Fsp3) is 0.294. The number of carbonyl (C=O) groups excluding carboxylic acids is 1. The average molecular weight is 361 g/mol. The van der Waals surface area contributed by atoms with Gasteiger partial charge in [-0.25, -0.2) is 9.59 Å². The number of nitrogens with zero attached hydrogens (tertiary/aromatic N) is 3. The maximum Gasteiger partial charge on any atom is 0.333 e. The molecule has 0 unspecified atom stereocenters. The van der Waals surface area contributed by atoms with Crippen LogP contribution < -0.4 is 11.2 Å². The van der Waals surface area contributed by atoms with Gasteiger partial charge in [0.2, 0.25) is 5.88 Å². The summed E-state index contributed by atoms with van der Waals surface area (Å²) in [6, 6.07) is 5.24. The molecule has 0 saturated carbocycles. The van der Waals surface area contributed by atoms with Crippen LogP contribution >= 0.6 is 0 Å². The lowest BCUT2D eigenvalue weighted by Crippen LogP contribution is -2.38. The van der Waals surface area contributed by atoms with E-state index < -0.39 is 29.1 Å². The molecule has 9 nitrogen and oxygen atoms in total. The monoisotopic (exact) mass is 361 g/mol. The van der Waals surface area contributed by atoms with Crippen molar-refractivity contribution in [3.8, 4) is 11.6 Å². The van der Waals surface area contributed by atoms with Gasteiger partial charge in [-0.15, -0.1) is 0 Å². The summed E-state index contributed by atoms with van der Waals surface area (Å²) in [6.07, 6.45) is 1.22. The van der Waals surface area contributed by atoms with Gasteiger partial charge in [0.15, 0.2) is 6.04 Å². The van der Waals surface area contributed by atoms with E-state index in [2.05, 4.69) is 4.99 Å². The molecular formula is C17H19N3O6. The summed E-state index contributed by atoms with van der Waals surface area (Å²) in [6.45, 7) is 0. The van der Waals surface area contributed by atoms with Crippen molar-refractivity contribution in [1.29, 1.82) is 0 Å². The van der Waals surface area contributed by atoms with Crippen LogP contribution in [0.25, 0.3) is 0 Å². The Kier molecular flexibility index (Phi) is 5.61. The fourth-order valence-corrected chi connectivity index (χ4v) is 2.33. The van der Waals surface area contributed by atoms with E-state index in [4.69, 9.17) is 4.74 Å². The SMILES string of the molecule is COC(=O)[C@H](Cc1ccc(O)cc1)N=Cc1c(O)n(C)c(=O)n(C)c1=O. The van der Waals surface area contributed by atoms with Crippen LogP contribution in [0.2, 0.25) is 0 Å². The Hall–Kier alpha value is -3.36.